The zero-order chi connectivity index (χ0) is 92.0. The van der Waals surface area contributed by atoms with E-state index in [1.807, 2.05) is 0 Å². The Morgan fingerprint density at radius 3 is 1.31 bits per heavy atom. The van der Waals surface area contributed by atoms with Crippen LogP contribution >= 0.6 is 0 Å². The highest BCUT2D eigenvalue weighted by atomic mass is 19.4. The summed E-state index contributed by atoms with van der Waals surface area (Å²) in [7, 11) is 0. The van der Waals surface area contributed by atoms with Crippen molar-refractivity contribution < 1.29 is 114 Å². The van der Waals surface area contributed by atoms with Crippen LogP contribution in [-0.4, -0.2) is 262 Å². The second-order valence-corrected chi connectivity index (χ2v) is 30.1. The zero-order valence-electron chi connectivity index (χ0n) is 69.7. The number of nitrogens with zero attached hydrogens (tertiary/aromatic N) is 2. The number of amides is 17. The number of halogens is 3. The fraction of sp³-hybridized carbons (Fsp3) is 0.703. The number of nitrogens with two attached hydrogens (primary N) is 7. The van der Waals surface area contributed by atoms with E-state index in [2.05, 4.69) is 79.1 Å². The number of aromatic nitrogens is 2. The Morgan fingerprint density at radius 1 is 0.496 bits per heavy atom. The van der Waals surface area contributed by atoms with Gasteiger partial charge in [0.15, 0.2) is 0 Å². The summed E-state index contributed by atoms with van der Waals surface area (Å²) < 4.78 is 31.7. The molecule has 684 valence electrons. The van der Waals surface area contributed by atoms with Gasteiger partial charge in [-0.3, -0.25) is 81.5 Å². The van der Waals surface area contributed by atoms with Crippen molar-refractivity contribution in [3.8, 4) is 0 Å². The lowest BCUT2D eigenvalue weighted by molar-refractivity contribution is -0.192. The molecule has 14 atom stereocenters. The fourth-order valence-corrected chi connectivity index (χ4v) is 12.0. The molecule has 1 saturated heterocycles. The average Bonchev–Trinajstić information content (AvgIpc) is 1.76. The monoisotopic (exact) mass is 1730 g/mol. The predicted octanol–water partition coefficient (Wildman–Crippen LogP) is -6.23. The molecule has 0 saturated carbocycles. The predicted molar refractivity (Wildman–Crippen MR) is 427 cm³/mol. The van der Waals surface area contributed by atoms with E-state index in [4.69, 9.17) is 50.0 Å². The van der Waals surface area contributed by atoms with E-state index in [0.29, 0.717) is 37.8 Å². The molecule has 1 aromatic rings. The number of imidazole rings is 1. The molecular formula is C74H126F3N23O21. The van der Waals surface area contributed by atoms with Gasteiger partial charge in [-0.2, -0.15) is 13.2 Å². The van der Waals surface area contributed by atoms with Gasteiger partial charge in [-0.25, -0.2) is 14.6 Å². The maximum Gasteiger partial charge on any atom is 0.490 e. The second-order valence-electron chi connectivity index (χ2n) is 30.1. The van der Waals surface area contributed by atoms with E-state index in [-0.39, 0.29) is 109 Å². The molecule has 2 rings (SSSR count). The van der Waals surface area contributed by atoms with Gasteiger partial charge in [-0.1, -0.05) is 68.2 Å². The van der Waals surface area contributed by atoms with Crippen molar-refractivity contribution in [2.75, 3.05) is 45.8 Å². The largest absolute Gasteiger partial charge is 0.490 e. The Labute approximate surface area is 698 Å². The van der Waals surface area contributed by atoms with Gasteiger partial charge in [0.25, 0.3) is 0 Å². The van der Waals surface area contributed by atoms with Crippen LogP contribution in [0.15, 0.2) is 12.5 Å². The number of carboxylic acids is 2. The number of likely N-dealkylation sites (tertiary alicyclic amines) is 1. The maximum absolute atomic E-state index is 14.6. The van der Waals surface area contributed by atoms with Crippen molar-refractivity contribution in [3.63, 3.8) is 0 Å². The minimum Gasteiger partial charge on any atom is -0.480 e. The minimum atomic E-state index is -5.08. The summed E-state index contributed by atoms with van der Waals surface area (Å²) in [4.78, 5) is 259. The van der Waals surface area contributed by atoms with Gasteiger partial charge in [-0.15, -0.1) is 0 Å². The average molecular weight is 1730 g/mol. The minimum absolute atomic E-state index is 0.0271. The Kier molecular flexibility index (Phi) is 50.2. The third-order valence-corrected chi connectivity index (χ3v) is 19.3. The Bertz CT molecular complexity index is 3620. The quantitative estimate of drug-likeness (QED) is 0.0270. The number of carbonyl (C=O) groups excluding carboxylic acids is 17. The van der Waals surface area contributed by atoms with E-state index in [9.17, 15) is 105 Å². The first-order chi connectivity index (χ1) is 56.8. The van der Waals surface area contributed by atoms with Crippen LogP contribution in [0.5, 0.6) is 0 Å². The number of hydrogen-bond donors (Lipinski definition) is 23. The molecule has 1 fully saturated rings. The van der Waals surface area contributed by atoms with Gasteiger partial charge in [-0.05, 0) is 133 Å². The van der Waals surface area contributed by atoms with Crippen molar-refractivity contribution in [1.82, 2.24) is 84.0 Å². The number of alkyl halides is 3. The molecule has 2 heterocycles. The van der Waals surface area contributed by atoms with Crippen molar-refractivity contribution in [1.29, 1.82) is 0 Å². The SMILES string of the molecule is CC[C@H](C)[C@H](NC(=O)[C@H](CCC(N)=O)NC(=O)[C@@H](NC(=O)[C@H](CCCCN)NC(=O)CNC(=O)CNC(=O)CNC(=O)[C@@H]1CCCN1C(=O)[C@H](CCC(N)=O)NC(=O)[C@@H](N)Cc1cnc[nH]1)C(C)C)C(=O)N[C@H](C(=O)N[C@H](CC(N)=O)C(=O)N[C@@H](CCCCN)C(=O)N[C@@H](CCCCN)C(=O)N[C@@H](CC(C)C)C(=O)O)[C@@H](C)CC.O=C(O)C(F)(F)F. The van der Waals surface area contributed by atoms with Crippen molar-refractivity contribution in [3.05, 3.63) is 18.2 Å². The topological polar surface area (TPSA) is 735 Å². The molecule has 1 aliphatic rings. The van der Waals surface area contributed by atoms with Crippen LogP contribution in [-0.2, 0) is 97.5 Å². The summed E-state index contributed by atoms with van der Waals surface area (Å²) in [6.45, 7) is 11.9. The zero-order valence-corrected chi connectivity index (χ0v) is 69.7. The molecule has 44 nitrogen and oxygen atoms in total. The van der Waals surface area contributed by atoms with Crippen LogP contribution in [0.25, 0.3) is 0 Å². The van der Waals surface area contributed by atoms with Gasteiger partial charge in [0.05, 0.1) is 38.4 Å². The lowest BCUT2D eigenvalue weighted by Crippen LogP contribution is -2.62. The summed E-state index contributed by atoms with van der Waals surface area (Å²) in [6, 6.07) is -16.6. The number of hydrogen-bond acceptors (Lipinski definition) is 24. The Hall–Kier alpha value is -11.2. The number of H-pyrrole nitrogens is 1. The molecule has 0 aliphatic carbocycles. The van der Waals surface area contributed by atoms with Gasteiger partial charge < -0.3 is 129 Å². The summed E-state index contributed by atoms with van der Waals surface area (Å²) in [5.41, 5.74) is 40.3. The summed E-state index contributed by atoms with van der Waals surface area (Å²) >= 11 is 0. The van der Waals surface area contributed by atoms with E-state index >= 15 is 0 Å². The number of aliphatic carboxylic acids is 2. The number of carbonyl (C=O) groups is 19. The van der Waals surface area contributed by atoms with E-state index in [1.54, 1.807) is 55.4 Å². The molecule has 0 radical (unpaired) electrons. The number of nitrogens with one attached hydrogen (secondary N) is 14. The first-order valence-electron chi connectivity index (χ1n) is 40.1. The van der Waals surface area contributed by atoms with Crippen LogP contribution in [0.1, 0.15) is 183 Å². The molecule has 0 aromatic carbocycles. The van der Waals surface area contributed by atoms with Gasteiger partial charge in [0, 0.05) is 37.7 Å². The molecule has 1 aromatic heterocycles. The normalized spacial score (nSPS) is 15.7. The number of aromatic amines is 1. The standard InChI is InChI=1S/C72H125N23O19.C2HF3O2/c1-9-40(7)59(69(110)90-49(32-54(79)98)66(107)87-45(19-12-15-27-74)62(103)86-46(20-13-16-28-75)63(104)91-50(72(113)114)30-38(3)4)94-70(111)60(41(8)10-2)93-65(106)47(22-24-52(77)96)88-68(109)58(39(5)6)92-64(105)44(18-11-14-26-73)85-57(101)36-82-55(99)34-81-56(100)35-83-67(108)51-21-17-29-95(51)71(112)48(23-25-53(78)97)89-61(102)43(76)31-42-33-80-37-84-42;3-2(4,5)1(6)7/h33,37-41,43-51,58-60H,9-32,34-36,73-76H2,1-8H3,(H2,77,96)(H2,78,97)(H2,79,98)(H,80,84)(H,81,100)(H,82,99)(H,83,108)(H,85,101)(H,86,103)(H,87,107)(H,88,109)(H,89,102)(H,90,110)(H,91,104)(H,92,105)(H,93,106)(H,94,111)(H,113,114);(H,6,7)/t40-,41-,43-,44-,45-,46-,47-,48-,49+,50-,51-,58-,59-,60-;/m0./s1. The Morgan fingerprint density at radius 2 is 0.884 bits per heavy atom. The lowest BCUT2D eigenvalue weighted by atomic mass is 9.94. The molecule has 17 amide bonds. The highest BCUT2D eigenvalue weighted by Crippen LogP contribution is 2.22. The highest BCUT2D eigenvalue weighted by molar-refractivity contribution is 6.01. The van der Waals surface area contributed by atoms with Crippen molar-refractivity contribution in [2.24, 2.45) is 63.8 Å². The lowest BCUT2D eigenvalue weighted by Gasteiger charge is -2.31. The molecule has 30 N–H and O–H groups in total. The molecule has 0 bridgehead atoms. The third-order valence-electron chi connectivity index (χ3n) is 19.3. The van der Waals surface area contributed by atoms with Crippen molar-refractivity contribution >= 4 is 112 Å². The van der Waals surface area contributed by atoms with Crippen LogP contribution in [0, 0.1) is 23.7 Å². The number of unbranched alkanes of at least 4 members (excludes halogenated alkanes) is 3. The first kappa shape index (κ1) is 108. The number of carboxylic acid groups (broad SMARTS) is 2. The molecular weight excluding hydrogens is 1600 g/mol. The third kappa shape index (κ3) is 42.0. The van der Waals surface area contributed by atoms with Crippen LogP contribution in [0.3, 0.4) is 0 Å². The molecule has 1 aliphatic heterocycles. The molecule has 47 heteroatoms. The van der Waals surface area contributed by atoms with Gasteiger partial charge in [0.1, 0.15) is 66.5 Å². The van der Waals surface area contributed by atoms with Gasteiger partial charge >= 0.3 is 18.1 Å². The van der Waals surface area contributed by atoms with Crippen LogP contribution < -0.4 is 109 Å². The first-order valence-corrected chi connectivity index (χ1v) is 40.1. The molecule has 0 unspecified atom stereocenters. The summed E-state index contributed by atoms with van der Waals surface area (Å²) in [5.74, 6) is -21.3. The summed E-state index contributed by atoms with van der Waals surface area (Å²) in [5, 5.41) is 49.6. The van der Waals surface area contributed by atoms with E-state index in [0.717, 1.165) is 0 Å². The Balaban J connectivity index is 0.00000997. The summed E-state index contributed by atoms with van der Waals surface area (Å²) in [6.07, 6.45) is -1.20. The van der Waals surface area contributed by atoms with Crippen LogP contribution in [0.2, 0.25) is 0 Å². The molecule has 121 heavy (non-hydrogen) atoms. The van der Waals surface area contributed by atoms with Gasteiger partial charge in [0.2, 0.25) is 100 Å². The second kappa shape index (κ2) is 56.3. The van der Waals surface area contributed by atoms with Crippen LogP contribution in [0.4, 0.5) is 13.2 Å². The number of primary amides is 3. The maximum atomic E-state index is 14.6. The fourth-order valence-electron chi connectivity index (χ4n) is 12.0. The highest BCUT2D eigenvalue weighted by Gasteiger charge is 2.42. The van der Waals surface area contributed by atoms with E-state index < -0.39 is 248 Å². The number of rotatable bonds is 57. The van der Waals surface area contributed by atoms with Crippen molar-refractivity contribution in [2.45, 2.75) is 262 Å². The smallest absolute Gasteiger partial charge is 0.480 e. The van der Waals surface area contributed by atoms with E-state index in [1.165, 1.54) is 17.4 Å². The molecule has 0 spiro atoms.